The summed E-state index contributed by atoms with van der Waals surface area (Å²) in [5.74, 6) is 1.49. The lowest BCUT2D eigenvalue weighted by Gasteiger charge is -2.33. The Balaban J connectivity index is 1.40. The standard InChI is InChI=1S/C22H24N2O6S/c1-28-19-5-3-2-4-17(19)6-9-22(25)23-10-12-24(13-11-23)31(26,27)18-7-8-20-21(16-18)30-15-14-29-20/h2-9,16H,10-15H2,1H3/b9-6+. The van der Waals surface area contributed by atoms with E-state index in [1.165, 1.54) is 22.5 Å². The Morgan fingerprint density at radius 2 is 1.71 bits per heavy atom. The number of rotatable bonds is 5. The summed E-state index contributed by atoms with van der Waals surface area (Å²) in [6.07, 6.45) is 3.20. The molecule has 2 aromatic rings. The number of hydrogen-bond donors (Lipinski definition) is 0. The monoisotopic (exact) mass is 444 g/mol. The highest BCUT2D eigenvalue weighted by atomic mass is 32.2. The first-order valence-corrected chi connectivity index (χ1v) is 11.4. The molecule has 1 amide bonds. The molecule has 0 saturated carbocycles. The zero-order chi connectivity index (χ0) is 21.8. The molecule has 31 heavy (non-hydrogen) atoms. The van der Waals surface area contributed by atoms with E-state index in [0.29, 0.717) is 43.6 Å². The Hall–Kier alpha value is -3.04. The first kappa shape index (κ1) is 21.2. The number of para-hydroxylation sites is 1. The molecule has 0 aliphatic carbocycles. The minimum atomic E-state index is -3.68. The number of fused-ring (bicyclic) bond motifs is 1. The lowest BCUT2D eigenvalue weighted by Crippen LogP contribution is -2.50. The zero-order valence-electron chi connectivity index (χ0n) is 17.2. The van der Waals surface area contributed by atoms with E-state index >= 15 is 0 Å². The van der Waals surface area contributed by atoms with Crippen molar-refractivity contribution in [1.82, 2.24) is 9.21 Å². The van der Waals surface area contributed by atoms with Gasteiger partial charge in [-0.1, -0.05) is 18.2 Å². The van der Waals surface area contributed by atoms with Gasteiger partial charge in [-0.2, -0.15) is 4.31 Å². The Morgan fingerprint density at radius 1 is 1.00 bits per heavy atom. The van der Waals surface area contributed by atoms with Crippen molar-refractivity contribution in [2.24, 2.45) is 0 Å². The van der Waals surface area contributed by atoms with Crippen molar-refractivity contribution in [3.05, 3.63) is 54.1 Å². The summed E-state index contributed by atoms with van der Waals surface area (Å²) in [6.45, 7) is 1.92. The number of hydrogen-bond acceptors (Lipinski definition) is 6. The van der Waals surface area contributed by atoms with Gasteiger partial charge in [0.1, 0.15) is 19.0 Å². The molecule has 1 fully saturated rings. The molecular formula is C22H24N2O6S. The van der Waals surface area contributed by atoms with Gasteiger partial charge in [-0.15, -0.1) is 0 Å². The van der Waals surface area contributed by atoms with E-state index in [-0.39, 0.29) is 23.9 Å². The van der Waals surface area contributed by atoms with Crippen LogP contribution in [0, 0.1) is 0 Å². The summed E-state index contributed by atoms with van der Waals surface area (Å²) in [6, 6.07) is 12.1. The van der Waals surface area contributed by atoms with Crippen LogP contribution in [0.2, 0.25) is 0 Å². The van der Waals surface area contributed by atoms with E-state index in [1.807, 2.05) is 24.3 Å². The van der Waals surface area contributed by atoms with Crippen LogP contribution in [0.3, 0.4) is 0 Å². The number of piperazine rings is 1. The second-order valence-electron chi connectivity index (χ2n) is 7.11. The average molecular weight is 445 g/mol. The normalized spacial score (nSPS) is 17.0. The summed E-state index contributed by atoms with van der Waals surface area (Å²) in [4.78, 5) is 14.4. The van der Waals surface area contributed by atoms with Gasteiger partial charge in [0.15, 0.2) is 11.5 Å². The van der Waals surface area contributed by atoms with Gasteiger partial charge in [0.05, 0.1) is 12.0 Å². The molecule has 0 unspecified atom stereocenters. The second-order valence-corrected chi connectivity index (χ2v) is 9.05. The van der Waals surface area contributed by atoms with E-state index in [9.17, 15) is 13.2 Å². The molecule has 0 atom stereocenters. The van der Waals surface area contributed by atoms with Gasteiger partial charge in [-0.25, -0.2) is 8.42 Å². The Kier molecular flexibility index (Phi) is 6.15. The van der Waals surface area contributed by atoms with Crippen molar-refractivity contribution >= 4 is 22.0 Å². The van der Waals surface area contributed by atoms with Gasteiger partial charge in [-0.05, 0) is 24.3 Å². The molecule has 9 heteroatoms. The topological polar surface area (TPSA) is 85.4 Å². The SMILES string of the molecule is COc1ccccc1/C=C/C(=O)N1CCN(S(=O)(=O)c2ccc3c(c2)OCCO3)CC1. The first-order chi connectivity index (χ1) is 15.0. The lowest BCUT2D eigenvalue weighted by molar-refractivity contribution is -0.127. The van der Waals surface area contributed by atoms with Crippen LogP contribution in [-0.2, 0) is 14.8 Å². The van der Waals surface area contributed by atoms with Crippen LogP contribution >= 0.6 is 0 Å². The Labute approximate surface area is 181 Å². The van der Waals surface area contributed by atoms with Crippen LogP contribution in [0.5, 0.6) is 17.2 Å². The first-order valence-electron chi connectivity index (χ1n) is 9.99. The van der Waals surface area contributed by atoms with E-state index in [1.54, 1.807) is 24.2 Å². The third kappa shape index (κ3) is 4.52. The van der Waals surface area contributed by atoms with Crippen molar-refractivity contribution in [3.63, 3.8) is 0 Å². The third-order valence-corrected chi connectivity index (χ3v) is 7.14. The molecule has 2 aliphatic heterocycles. The van der Waals surface area contributed by atoms with Crippen molar-refractivity contribution in [2.75, 3.05) is 46.5 Å². The minimum Gasteiger partial charge on any atom is -0.496 e. The molecule has 164 valence electrons. The molecule has 2 aromatic carbocycles. The summed E-state index contributed by atoms with van der Waals surface area (Å²) in [5.41, 5.74) is 0.804. The van der Waals surface area contributed by atoms with Crippen LogP contribution in [0.1, 0.15) is 5.56 Å². The second kappa shape index (κ2) is 8.99. The maximum absolute atomic E-state index is 13.0. The van der Waals surface area contributed by atoms with Crippen LogP contribution < -0.4 is 14.2 Å². The third-order valence-electron chi connectivity index (χ3n) is 5.25. The van der Waals surface area contributed by atoms with Crippen LogP contribution in [0.25, 0.3) is 6.08 Å². The van der Waals surface area contributed by atoms with E-state index < -0.39 is 10.0 Å². The van der Waals surface area contributed by atoms with Gasteiger partial charge < -0.3 is 19.1 Å². The number of methoxy groups -OCH3 is 1. The Bertz CT molecular complexity index is 1090. The Morgan fingerprint density at radius 3 is 2.45 bits per heavy atom. The predicted octanol–water partition coefficient (Wildman–Crippen LogP) is 2.01. The van der Waals surface area contributed by atoms with Gasteiger partial charge >= 0.3 is 0 Å². The van der Waals surface area contributed by atoms with Crippen molar-refractivity contribution in [2.45, 2.75) is 4.90 Å². The fourth-order valence-corrected chi connectivity index (χ4v) is 4.99. The molecule has 8 nitrogen and oxygen atoms in total. The number of sulfonamides is 1. The highest BCUT2D eigenvalue weighted by Gasteiger charge is 2.30. The smallest absolute Gasteiger partial charge is 0.246 e. The van der Waals surface area contributed by atoms with Gasteiger partial charge in [-0.3, -0.25) is 4.79 Å². The highest BCUT2D eigenvalue weighted by molar-refractivity contribution is 7.89. The number of carbonyl (C=O) groups excluding carboxylic acids is 1. The molecule has 2 heterocycles. The van der Waals surface area contributed by atoms with Gasteiger partial charge in [0.2, 0.25) is 15.9 Å². The predicted molar refractivity (Wildman–Crippen MR) is 115 cm³/mol. The van der Waals surface area contributed by atoms with Crippen LogP contribution in [0.15, 0.2) is 53.4 Å². The molecule has 1 saturated heterocycles. The van der Waals surface area contributed by atoms with E-state index in [2.05, 4.69) is 0 Å². The fourth-order valence-electron chi connectivity index (χ4n) is 3.55. The molecule has 2 aliphatic rings. The number of benzene rings is 2. The van der Waals surface area contributed by atoms with Crippen molar-refractivity contribution in [1.29, 1.82) is 0 Å². The van der Waals surface area contributed by atoms with E-state index in [0.717, 1.165) is 5.56 Å². The highest BCUT2D eigenvalue weighted by Crippen LogP contribution is 2.33. The van der Waals surface area contributed by atoms with E-state index in [4.69, 9.17) is 14.2 Å². The maximum Gasteiger partial charge on any atom is 0.246 e. The summed E-state index contributed by atoms with van der Waals surface area (Å²) >= 11 is 0. The van der Waals surface area contributed by atoms with Crippen LogP contribution in [-0.4, -0.2) is 70.0 Å². The quantitative estimate of drug-likeness (QED) is 0.656. The maximum atomic E-state index is 13.0. The number of ether oxygens (including phenoxy) is 3. The summed E-state index contributed by atoms with van der Waals surface area (Å²) in [5, 5.41) is 0. The lowest BCUT2D eigenvalue weighted by atomic mass is 10.2. The van der Waals surface area contributed by atoms with Crippen molar-refractivity contribution in [3.8, 4) is 17.2 Å². The molecule has 4 rings (SSSR count). The van der Waals surface area contributed by atoms with Gasteiger partial charge in [0, 0.05) is 43.9 Å². The number of carbonyl (C=O) groups is 1. The fraction of sp³-hybridized carbons (Fsp3) is 0.318. The number of nitrogens with zero attached hydrogens (tertiary/aromatic N) is 2. The zero-order valence-corrected chi connectivity index (χ0v) is 18.0. The molecule has 0 radical (unpaired) electrons. The van der Waals surface area contributed by atoms with Crippen LogP contribution in [0.4, 0.5) is 0 Å². The molecule has 0 bridgehead atoms. The molecule has 0 aromatic heterocycles. The molecular weight excluding hydrogens is 420 g/mol. The largest absolute Gasteiger partial charge is 0.496 e. The van der Waals surface area contributed by atoms with Gasteiger partial charge in [0.25, 0.3) is 0 Å². The molecule has 0 spiro atoms. The van der Waals surface area contributed by atoms with Crippen molar-refractivity contribution < 1.29 is 27.4 Å². The minimum absolute atomic E-state index is 0.160. The summed E-state index contributed by atoms with van der Waals surface area (Å²) < 4.78 is 43.7. The summed E-state index contributed by atoms with van der Waals surface area (Å²) in [7, 11) is -2.10. The number of amides is 1. The molecule has 0 N–H and O–H groups in total. The average Bonchev–Trinajstić information content (AvgIpc) is 2.82.